The van der Waals surface area contributed by atoms with Crippen LogP contribution in [0.25, 0.3) is 0 Å². The van der Waals surface area contributed by atoms with Crippen LogP contribution in [-0.4, -0.2) is 44.2 Å². The summed E-state index contributed by atoms with van der Waals surface area (Å²) >= 11 is 0. The van der Waals surface area contributed by atoms with Gasteiger partial charge in [0.2, 0.25) is 0 Å². The Morgan fingerprint density at radius 1 is 1.29 bits per heavy atom. The van der Waals surface area contributed by atoms with Crippen LogP contribution in [0.1, 0.15) is 20.3 Å². The second-order valence-electron chi connectivity index (χ2n) is 3.90. The second kappa shape index (κ2) is 7.17. The van der Waals surface area contributed by atoms with Gasteiger partial charge in [0.1, 0.15) is 0 Å². The first-order valence-corrected chi connectivity index (χ1v) is 5.03. The molecule has 0 aliphatic heterocycles. The Morgan fingerprint density at radius 2 is 1.93 bits per heavy atom. The average molecular weight is 205 g/mol. The molecule has 4 heteroatoms. The van der Waals surface area contributed by atoms with Crippen molar-refractivity contribution in [2.45, 2.75) is 25.8 Å². The number of methoxy groups -OCH3 is 1. The minimum absolute atomic E-state index is 0.00168. The number of rotatable bonds is 8. The first kappa shape index (κ1) is 13.8. The first-order valence-electron chi connectivity index (χ1n) is 5.03. The quantitative estimate of drug-likeness (QED) is 0.562. The maximum atomic E-state index is 9.15. The maximum absolute atomic E-state index is 9.15. The highest BCUT2D eigenvalue weighted by molar-refractivity contribution is 4.86. The van der Waals surface area contributed by atoms with E-state index in [-0.39, 0.29) is 12.5 Å². The lowest BCUT2D eigenvalue weighted by atomic mass is 9.85. The maximum Gasteiger partial charge on any atom is 0.0700 e. The summed E-state index contributed by atoms with van der Waals surface area (Å²) in [5.74, 6) is 0.249. The topological polar surface area (TPSA) is 64.7 Å². The molecule has 0 saturated carbocycles. The van der Waals surface area contributed by atoms with E-state index in [1.807, 2.05) is 13.8 Å². The van der Waals surface area contributed by atoms with Crippen LogP contribution in [0.4, 0.5) is 0 Å². The van der Waals surface area contributed by atoms with Crippen LogP contribution < -0.4 is 5.73 Å². The molecular formula is C10H23NO3. The van der Waals surface area contributed by atoms with E-state index >= 15 is 0 Å². The van der Waals surface area contributed by atoms with Crippen molar-refractivity contribution in [2.75, 3.05) is 33.5 Å². The summed E-state index contributed by atoms with van der Waals surface area (Å²) < 4.78 is 10.1. The lowest BCUT2D eigenvalue weighted by molar-refractivity contribution is 0.0460. The van der Waals surface area contributed by atoms with Crippen molar-refractivity contribution in [1.82, 2.24) is 0 Å². The van der Waals surface area contributed by atoms with Crippen LogP contribution in [0.2, 0.25) is 0 Å². The molecule has 0 saturated heterocycles. The van der Waals surface area contributed by atoms with Gasteiger partial charge < -0.3 is 20.3 Å². The van der Waals surface area contributed by atoms with Crippen LogP contribution in [0.3, 0.4) is 0 Å². The fourth-order valence-corrected chi connectivity index (χ4v) is 1.06. The molecule has 0 rings (SSSR count). The zero-order valence-corrected chi connectivity index (χ0v) is 9.45. The highest BCUT2D eigenvalue weighted by Gasteiger charge is 2.27. The van der Waals surface area contributed by atoms with Crippen LogP contribution in [0.5, 0.6) is 0 Å². The molecule has 0 radical (unpaired) electrons. The number of nitrogens with two attached hydrogens (primary N) is 1. The van der Waals surface area contributed by atoms with Gasteiger partial charge in [-0.1, -0.05) is 13.8 Å². The molecule has 0 bridgehead atoms. The normalized spacial score (nSPS) is 15.9. The SMILES string of the molecule is COCCOCC[C@](N)(CO)C(C)C. The Kier molecular flexibility index (Phi) is 7.09. The molecule has 0 unspecified atom stereocenters. The van der Waals surface area contributed by atoms with Crippen LogP contribution in [-0.2, 0) is 9.47 Å². The van der Waals surface area contributed by atoms with Crippen LogP contribution in [0, 0.1) is 5.92 Å². The summed E-state index contributed by atoms with van der Waals surface area (Å²) in [4.78, 5) is 0. The molecule has 0 aromatic carbocycles. The number of ether oxygens (including phenoxy) is 2. The molecule has 14 heavy (non-hydrogen) atoms. The third kappa shape index (κ3) is 4.91. The third-order valence-electron chi connectivity index (χ3n) is 2.59. The minimum Gasteiger partial charge on any atom is -0.394 e. The van der Waals surface area contributed by atoms with Crippen LogP contribution >= 0.6 is 0 Å². The molecule has 0 fully saturated rings. The third-order valence-corrected chi connectivity index (χ3v) is 2.59. The van der Waals surface area contributed by atoms with Gasteiger partial charge in [-0.3, -0.25) is 0 Å². The molecule has 4 nitrogen and oxygen atoms in total. The molecule has 0 heterocycles. The molecule has 0 aromatic heterocycles. The van der Waals surface area contributed by atoms with E-state index < -0.39 is 5.54 Å². The van der Waals surface area contributed by atoms with Crippen molar-refractivity contribution < 1.29 is 14.6 Å². The van der Waals surface area contributed by atoms with Crippen molar-refractivity contribution in [3.8, 4) is 0 Å². The molecule has 0 aliphatic carbocycles. The fourth-order valence-electron chi connectivity index (χ4n) is 1.06. The van der Waals surface area contributed by atoms with E-state index in [0.29, 0.717) is 26.2 Å². The molecule has 0 spiro atoms. The summed E-state index contributed by atoms with van der Waals surface area (Å²) in [6.45, 7) is 5.75. The molecule has 1 atom stereocenters. The Balaban J connectivity index is 3.63. The Hall–Kier alpha value is -0.160. The van der Waals surface area contributed by atoms with Crippen molar-refractivity contribution in [1.29, 1.82) is 0 Å². The van der Waals surface area contributed by atoms with E-state index in [9.17, 15) is 0 Å². The smallest absolute Gasteiger partial charge is 0.0700 e. The van der Waals surface area contributed by atoms with Crippen molar-refractivity contribution >= 4 is 0 Å². The predicted octanol–water partition coefficient (Wildman–Crippen LogP) is 0.385. The van der Waals surface area contributed by atoms with Gasteiger partial charge in [0.25, 0.3) is 0 Å². The van der Waals surface area contributed by atoms with Crippen LogP contribution in [0.15, 0.2) is 0 Å². The number of aliphatic hydroxyl groups excluding tert-OH is 1. The second-order valence-corrected chi connectivity index (χ2v) is 3.90. The van der Waals surface area contributed by atoms with E-state index in [1.165, 1.54) is 0 Å². The van der Waals surface area contributed by atoms with Crippen molar-refractivity contribution in [3.05, 3.63) is 0 Å². The Labute approximate surface area is 86.4 Å². The van der Waals surface area contributed by atoms with Gasteiger partial charge in [-0.2, -0.15) is 0 Å². The molecule has 0 amide bonds. The lowest BCUT2D eigenvalue weighted by Gasteiger charge is -2.31. The largest absolute Gasteiger partial charge is 0.394 e. The highest BCUT2D eigenvalue weighted by atomic mass is 16.5. The van der Waals surface area contributed by atoms with Gasteiger partial charge in [0.05, 0.1) is 19.8 Å². The summed E-state index contributed by atoms with van der Waals surface area (Å²) in [5, 5.41) is 9.15. The van der Waals surface area contributed by atoms with Gasteiger partial charge in [-0.05, 0) is 12.3 Å². The van der Waals surface area contributed by atoms with Gasteiger partial charge in [0.15, 0.2) is 0 Å². The lowest BCUT2D eigenvalue weighted by Crippen LogP contribution is -2.49. The van der Waals surface area contributed by atoms with Crippen molar-refractivity contribution in [3.63, 3.8) is 0 Å². The molecule has 86 valence electrons. The average Bonchev–Trinajstić information content (AvgIpc) is 2.17. The summed E-state index contributed by atoms with van der Waals surface area (Å²) in [6.07, 6.45) is 0.672. The zero-order chi connectivity index (χ0) is 11.0. The Bertz CT molecular complexity index is 141. The van der Waals surface area contributed by atoms with Crippen molar-refractivity contribution in [2.24, 2.45) is 11.7 Å². The number of aliphatic hydroxyl groups is 1. The van der Waals surface area contributed by atoms with E-state index in [2.05, 4.69) is 0 Å². The zero-order valence-electron chi connectivity index (χ0n) is 9.45. The minimum atomic E-state index is -0.521. The number of hydrogen-bond acceptors (Lipinski definition) is 4. The van der Waals surface area contributed by atoms with E-state index in [0.717, 1.165) is 0 Å². The molecule has 0 aromatic rings. The summed E-state index contributed by atoms with van der Waals surface area (Å²) in [6, 6.07) is 0. The first-order chi connectivity index (χ1) is 6.56. The summed E-state index contributed by atoms with van der Waals surface area (Å²) in [5.41, 5.74) is 5.47. The van der Waals surface area contributed by atoms with E-state index in [4.69, 9.17) is 20.3 Å². The fraction of sp³-hybridized carbons (Fsp3) is 1.00. The monoisotopic (exact) mass is 205 g/mol. The predicted molar refractivity (Wildman–Crippen MR) is 56.2 cm³/mol. The highest BCUT2D eigenvalue weighted by Crippen LogP contribution is 2.17. The van der Waals surface area contributed by atoms with Gasteiger partial charge in [-0.15, -0.1) is 0 Å². The Morgan fingerprint density at radius 3 is 2.36 bits per heavy atom. The molecule has 0 aliphatic rings. The molecular weight excluding hydrogens is 182 g/mol. The molecule has 3 N–H and O–H groups in total. The standard InChI is InChI=1S/C10H23NO3/c1-9(2)10(11,8-12)4-5-14-7-6-13-3/h9,12H,4-8,11H2,1-3H3/t10-/m0/s1. The number of hydrogen-bond donors (Lipinski definition) is 2. The van der Waals surface area contributed by atoms with Gasteiger partial charge in [0, 0.05) is 19.3 Å². The van der Waals surface area contributed by atoms with E-state index in [1.54, 1.807) is 7.11 Å². The van der Waals surface area contributed by atoms with Gasteiger partial charge >= 0.3 is 0 Å². The summed E-state index contributed by atoms with van der Waals surface area (Å²) in [7, 11) is 1.64. The van der Waals surface area contributed by atoms with Gasteiger partial charge in [-0.25, -0.2) is 0 Å².